The standard InChI is InChI=1S/C16H16O/c1-9-14(10-5-3-2-4-6-10)16-11-7-12(15(9)16)13(17)8-11/h2-6,11-12,15-16H,7-8H2,1H3/t11-,12+,15+,16+/m1/s1. The molecule has 1 nitrogen and oxygen atoms in total. The van der Waals surface area contributed by atoms with Crippen LogP contribution in [-0.2, 0) is 4.79 Å². The molecule has 4 atom stereocenters. The molecule has 0 saturated heterocycles. The number of fused-ring (bicyclic) bond motifs is 5. The zero-order valence-corrected chi connectivity index (χ0v) is 10.0. The Morgan fingerprint density at radius 1 is 1.12 bits per heavy atom. The molecule has 3 aliphatic carbocycles. The maximum atomic E-state index is 11.8. The third-order valence-electron chi connectivity index (χ3n) is 5.10. The fourth-order valence-electron chi connectivity index (χ4n) is 4.49. The number of hydrogen-bond donors (Lipinski definition) is 0. The van der Waals surface area contributed by atoms with Gasteiger partial charge in [0, 0.05) is 12.3 Å². The molecule has 2 fully saturated rings. The number of rotatable bonds is 1. The molecule has 0 unspecified atom stereocenters. The van der Waals surface area contributed by atoms with Gasteiger partial charge in [-0.2, -0.15) is 0 Å². The van der Waals surface area contributed by atoms with E-state index in [9.17, 15) is 4.79 Å². The lowest BCUT2D eigenvalue weighted by atomic mass is 9.60. The zero-order valence-electron chi connectivity index (χ0n) is 10.0. The first-order chi connectivity index (χ1) is 8.27. The Bertz CT molecular complexity index is 526. The summed E-state index contributed by atoms with van der Waals surface area (Å²) in [5.41, 5.74) is 4.42. The van der Waals surface area contributed by atoms with Gasteiger partial charge in [0.05, 0.1) is 0 Å². The van der Waals surface area contributed by atoms with Crippen LogP contribution in [0.4, 0.5) is 0 Å². The number of Topliss-reactive ketones (excluding diaryl/α,β-unsaturated/α-hetero) is 1. The van der Waals surface area contributed by atoms with E-state index in [2.05, 4.69) is 37.3 Å². The summed E-state index contributed by atoms with van der Waals surface area (Å²) in [7, 11) is 0. The van der Waals surface area contributed by atoms with Gasteiger partial charge in [0.25, 0.3) is 0 Å². The molecule has 3 aliphatic rings. The maximum absolute atomic E-state index is 11.8. The minimum atomic E-state index is 0.373. The van der Waals surface area contributed by atoms with Crippen molar-refractivity contribution < 1.29 is 4.79 Å². The van der Waals surface area contributed by atoms with Crippen LogP contribution in [0.1, 0.15) is 25.3 Å². The first-order valence-electron chi connectivity index (χ1n) is 6.56. The van der Waals surface area contributed by atoms with Crippen LogP contribution in [0.3, 0.4) is 0 Å². The molecule has 0 spiro atoms. The Kier molecular flexibility index (Phi) is 1.76. The molecule has 0 N–H and O–H groups in total. The molecule has 0 amide bonds. The molecular weight excluding hydrogens is 208 g/mol. The topological polar surface area (TPSA) is 17.1 Å². The highest BCUT2D eigenvalue weighted by Gasteiger charge is 2.58. The lowest BCUT2D eigenvalue weighted by Gasteiger charge is -2.43. The van der Waals surface area contributed by atoms with Gasteiger partial charge >= 0.3 is 0 Å². The van der Waals surface area contributed by atoms with Gasteiger partial charge in [0.15, 0.2) is 0 Å². The van der Waals surface area contributed by atoms with E-state index in [1.165, 1.54) is 11.1 Å². The molecule has 86 valence electrons. The number of carbonyl (C=O) groups excluding carboxylic acids is 1. The normalized spacial score (nSPS) is 38.3. The molecule has 0 aliphatic heterocycles. The third kappa shape index (κ3) is 1.07. The molecule has 2 bridgehead atoms. The number of allylic oxidation sites excluding steroid dienone is 2. The number of hydrogen-bond acceptors (Lipinski definition) is 1. The molecule has 0 heterocycles. The second-order valence-corrected chi connectivity index (χ2v) is 5.79. The second kappa shape index (κ2) is 3.10. The fraction of sp³-hybridized carbons (Fsp3) is 0.438. The monoisotopic (exact) mass is 224 g/mol. The minimum Gasteiger partial charge on any atom is -0.299 e. The fourth-order valence-corrected chi connectivity index (χ4v) is 4.49. The van der Waals surface area contributed by atoms with Crippen molar-refractivity contribution in [2.45, 2.75) is 19.8 Å². The van der Waals surface area contributed by atoms with E-state index in [4.69, 9.17) is 0 Å². The average molecular weight is 224 g/mol. The van der Waals surface area contributed by atoms with Crippen molar-refractivity contribution in [3.8, 4) is 0 Å². The SMILES string of the molecule is CC1=C(c2ccccc2)[C@@H]2[C@H]3CC(=O)[C@H](C3)[C@H]12. The van der Waals surface area contributed by atoms with Crippen LogP contribution in [0, 0.1) is 23.7 Å². The predicted molar refractivity (Wildman–Crippen MR) is 67.2 cm³/mol. The summed E-state index contributed by atoms with van der Waals surface area (Å²) < 4.78 is 0. The van der Waals surface area contributed by atoms with Gasteiger partial charge < -0.3 is 0 Å². The van der Waals surface area contributed by atoms with E-state index in [-0.39, 0.29) is 0 Å². The number of benzene rings is 1. The highest BCUT2D eigenvalue weighted by Crippen LogP contribution is 2.64. The first-order valence-corrected chi connectivity index (χ1v) is 6.56. The molecule has 1 aromatic carbocycles. The van der Waals surface area contributed by atoms with Crippen LogP contribution in [0.2, 0.25) is 0 Å². The van der Waals surface area contributed by atoms with E-state index in [0.717, 1.165) is 12.8 Å². The van der Waals surface area contributed by atoms with Gasteiger partial charge in [0.1, 0.15) is 5.78 Å². The van der Waals surface area contributed by atoms with Gasteiger partial charge in [-0.15, -0.1) is 0 Å². The van der Waals surface area contributed by atoms with Gasteiger partial charge in [-0.3, -0.25) is 4.79 Å². The summed E-state index contributed by atoms with van der Waals surface area (Å²) in [6, 6.07) is 10.7. The quantitative estimate of drug-likeness (QED) is 0.715. The van der Waals surface area contributed by atoms with Gasteiger partial charge in [-0.1, -0.05) is 35.9 Å². The van der Waals surface area contributed by atoms with E-state index in [1.54, 1.807) is 5.57 Å². The van der Waals surface area contributed by atoms with Crippen LogP contribution in [0.5, 0.6) is 0 Å². The van der Waals surface area contributed by atoms with Crippen molar-refractivity contribution in [3.63, 3.8) is 0 Å². The minimum absolute atomic E-state index is 0.373. The second-order valence-electron chi connectivity index (χ2n) is 5.79. The summed E-state index contributed by atoms with van der Waals surface area (Å²) in [6.45, 7) is 2.23. The van der Waals surface area contributed by atoms with Crippen molar-refractivity contribution in [2.24, 2.45) is 23.7 Å². The van der Waals surface area contributed by atoms with Gasteiger partial charge in [-0.05, 0) is 42.2 Å². The maximum Gasteiger partial charge on any atom is 0.136 e. The van der Waals surface area contributed by atoms with E-state index in [0.29, 0.717) is 29.5 Å². The molecule has 0 aromatic heterocycles. The van der Waals surface area contributed by atoms with Crippen molar-refractivity contribution in [1.82, 2.24) is 0 Å². The molecule has 2 saturated carbocycles. The molecule has 0 radical (unpaired) electrons. The largest absolute Gasteiger partial charge is 0.299 e. The summed E-state index contributed by atoms with van der Waals surface area (Å²) in [6.07, 6.45) is 2.00. The predicted octanol–water partition coefficient (Wildman–Crippen LogP) is 3.32. The summed E-state index contributed by atoms with van der Waals surface area (Å²) >= 11 is 0. The number of carbonyl (C=O) groups is 1. The lowest BCUT2D eigenvalue weighted by molar-refractivity contribution is -0.123. The average Bonchev–Trinajstić information content (AvgIpc) is 2.83. The molecule has 1 heteroatoms. The Labute approximate surface area is 102 Å². The van der Waals surface area contributed by atoms with Crippen LogP contribution in [0.25, 0.3) is 5.57 Å². The molecule has 4 rings (SSSR count). The zero-order chi connectivity index (χ0) is 11.6. The highest BCUT2D eigenvalue weighted by atomic mass is 16.1. The van der Waals surface area contributed by atoms with Gasteiger partial charge in [-0.25, -0.2) is 0 Å². The van der Waals surface area contributed by atoms with Crippen LogP contribution >= 0.6 is 0 Å². The summed E-state index contributed by atoms with van der Waals surface area (Å²) in [5.74, 6) is 2.84. The Hall–Kier alpha value is -1.37. The third-order valence-corrected chi connectivity index (χ3v) is 5.10. The van der Waals surface area contributed by atoms with E-state index in [1.807, 2.05) is 0 Å². The van der Waals surface area contributed by atoms with Gasteiger partial charge in [0.2, 0.25) is 0 Å². The highest BCUT2D eigenvalue weighted by molar-refractivity contribution is 5.91. The van der Waals surface area contributed by atoms with E-state index < -0.39 is 0 Å². The van der Waals surface area contributed by atoms with E-state index >= 15 is 0 Å². The molecular formula is C16H16O. The summed E-state index contributed by atoms with van der Waals surface area (Å²) in [5, 5.41) is 0. The Morgan fingerprint density at radius 3 is 2.65 bits per heavy atom. The van der Waals surface area contributed by atoms with Crippen molar-refractivity contribution in [3.05, 3.63) is 41.5 Å². The molecule has 17 heavy (non-hydrogen) atoms. The summed E-state index contributed by atoms with van der Waals surface area (Å²) in [4.78, 5) is 11.8. The van der Waals surface area contributed by atoms with Crippen molar-refractivity contribution >= 4 is 11.4 Å². The van der Waals surface area contributed by atoms with Crippen LogP contribution < -0.4 is 0 Å². The van der Waals surface area contributed by atoms with Crippen LogP contribution in [0.15, 0.2) is 35.9 Å². The number of ketones is 1. The van der Waals surface area contributed by atoms with Crippen molar-refractivity contribution in [2.75, 3.05) is 0 Å². The Balaban J connectivity index is 1.78. The smallest absolute Gasteiger partial charge is 0.136 e. The molecule has 1 aromatic rings. The Morgan fingerprint density at radius 2 is 1.88 bits per heavy atom. The van der Waals surface area contributed by atoms with Crippen LogP contribution in [-0.4, -0.2) is 5.78 Å². The van der Waals surface area contributed by atoms with Crippen molar-refractivity contribution in [1.29, 1.82) is 0 Å². The first kappa shape index (κ1) is 9.64. The lowest BCUT2D eigenvalue weighted by Crippen LogP contribution is -2.37.